The molecule has 0 bridgehead atoms. The van der Waals surface area contributed by atoms with Crippen LogP contribution in [-0.4, -0.2) is 19.2 Å². The zero-order valence-electron chi connectivity index (χ0n) is 7.97. The van der Waals surface area contributed by atoms with Crippen LogP contribution in [0.3, 0.4) is 0 Å². The Morgan fingerprint density at radius 1 is 1.20 bits per heavy atom. The van der Waals surface area contributed by atoms with Gasteiger partial charge in [0.05, 0.1) is 11.3 Å². The smallest absolute Gasteiger partial charge is 0.196 e. The van der Waals surface area contributed by atoms with Crippen LogP contribution in [0.5, 0.6) is 0 Å². The van der Waals surface area contributed by atoms with Crippen molar-refractivity contribution in [1.29, 1.82) is 0 Å². The average Bonchev–Trinajstić information content (AvgIpc) is 2.52. The summed E-state index contributed by atoms with van der Waals surface area (Å²) in [6.07, 6.45) is 0.593. The number of pyridine rings is 1. The molecule has 15 heavy (non-hydrogen) atoms. The number of rotatable bonds is 0. The third kappa shape index (κ3) is 1.25. The van der Waals surface area contributed by atoms with Crippen molar-refractivity contribution >= 4 is 20.7 Å². The maximum absolute atomic E-state index is 11.6. The Bertz CT molecular complexity index is 647. The normalized spacial score (nSPS) is 17.9. The number of hydrogen-bond donors (Lipinski definition) is 0. The van der Waals surface area contributed by atoms with Crippen LogP contribution in [0.2, 0.25) is 0 Å². The molecule has 0 amide bonds. The van der Waals surface area contributed by atoms with E-state index >= 15 is 0 Å². The summed E-state index contributed by atoms with van der Waals surface area (Å²) in [5.74, 6) is 0.200. The standard InChI is InChI=1S/C11H9NO2S/c13-15(14)6-5-9-7-8-3-1-2-4-10(8)12-11(9)15/h1-4,7H,5-6H2. The summed E-state index contributed by atoms with van der Waals surface area (Å²) in [7, 11) is -3.11. The predicted octanol–water partition coefficient (Wildman–Crippen LogP) is 1.56. The van der Waals surface area contributed by atoms with Gasteiger partial charge in [-0.2, -0.15) is 0 Å². The van der Waals surface area contributed by atoms with Gasteiger partial charge in [0.15, 0.2) is 14.9 Å². The van der Waals surface area contributed by atoms with E-state index in [2.05, 4.69) is 4.98 Å². The van der Waals surface area contributed by atoms with Gasteiger partial charge < -0.3 is 0 Å². The molecule has 0 atom stereocenters. The van der Waals surface area contributed by atoms with Crippen molar-refractivity contribution in [3.8, 4) is 0 Å². The highest BCUT2D eigenvalue weighted by molar-refractivity contribution is 7.91. The first-order chi connectivity index (χ1) is 7.17. The maximum atomic E-state index is 11.6. The monoisotopic (exact) mass is 219 g/mol. The van der Waals surface area contributed by atoms with Gasteiger partial charge in [0, 0.05) is 5.39 Å². The van der Waals surface area contributed by atoms with E-state index in [1.165, 1.54) is 0 Å². The molecule has 2 heterocycles. The molecule has 3 nitrogen and oxygen atoms in total. The summed E-state index contributed by atoms with van der Waals surface area (Å²) in [6.45, 7) is 0. The summed E-state index contributed by atoms with van der Waals surface area (Å²) in [6, 6.07) is 9.52. The van der Waals surface area contributed by atoms with Gasteiger partial charge in [0.1, 0.15) is 0 Å². The third-order valence-corrected chi connectivity index (χ3v) is 4.38. The van der Waals surface area contributed by atoms with Crippen LogP contribution < -0.4 is 0 Å². The van der Waals surface area contributed by atoms with Crippen LogP contribution in [0.25, 0.3) is 10.9 Å². The van der Waals surface area contributed by atoms with Gasteiger partial charge in [-0.05, 0) is 24.1 Å². The lowest BCUT2D eigenvalue weighted by Crippen LogP contribution is -2.01. The second-order valence-corrected chi connectivity index (χ2v) is 5.74. The molecule has 0 unspecified atom stereocenters. The summed E-state index contributed by atoms with van der Waals surface area (Å²) in [5, 5.41) is 1.29. The SMILES string of the molecule is O=S1(=O)CCc2cc3ccccc3nc21. The molecule has 0 radical (unpaired) electrons. The van der Waals surface area contributed by atoms with Gasteiger partial charge in [0.2, 0.25) is 0 Å². The third-order valence-electron chi connectivity index (χ3n) is 2.70. The molecule has 0 saturated carbocycles. The molecule has 1 aromatic heterocycles. The lowest BCUT2D eigenvalue weighted by molar-refractivity contribution is 0.597. The molecule has 0 fully saturated rings. The molecule has 3 rings (SSSR count). The molecular formula is C11H9NO2S. The molecule has 1 aliphatic rings. The summed E-state index contributed by atoms with van der Waals surface area (Å²) in [4.78, 5) is 4.22. The van der Waals surface area contributed by atoms with Crippen molar-refractivity contribution in [1.82, 2.24) is 4.98 Å². The predicted molar refractivity (Wildman–Crippen MR) is 57.5 cm³/mol. The minimum absolute atomic E-state index is 0.200. The van der Waals surface area contributed by atoms with E-state index in [0.717, 1.165) is 16.5 Å². The zero-order valence-corrected chi connectivity index (χ0v) is 8.79. The van der Waals surface area contributed by atoms with Crippen LogP contribution >= 0.6 is 0 Å². The van der Waals surface area contributed by atoms with Gasteiger partial charge in [-0.1, -0.05) is 18.2 Å². The topological polar surface area (TPSA) is 47.0 Å². The molecule has 0 aliphatic carbocycles. The fourth-order valence-corrected chi connectivity index (χ4v) is 3.41. The van der Waals surface area contributed by atoms with Gasteiger partial charge >= 0.3 is 0 Å². The second-order valence-electron chi connectivity index (χ2n) is 3.71. The second kappa shape index (κ2) is 2.79. The van der Waals surface area contributed by atoms with Crippen molar-refractivity contribution in [3.05, 3.63) is 35.9 Å². The van der Waals surface area contributed by atoms with E-state index in [-0.39, 0.29) is 10.8 Å². The summed E-state index contributed by atoms with van der Waals surface area (Å²) < 4.78 is 23.3. The number of nitrogens with zero attached hydrogens (tertiary/aromatic N) is 1. The lowest BCUT2D eigenvalue weighted by atomic mass is 10.1. The summed E-state index contributed by atoms with van der Waals surface area (Å²) in [5.41, 5.74) is 1.61. The number of aryl methyl sites for hydroxylation is 1. The first-order valence-corrected chi connectivity index (χ1v) is 6.43. The van der Waals surface area contributed by atoms with Crippen LogP contribution in [0.15, 0.2) is 35.4 Å². The molecule has 4 heteroatoms. The lowest BCUT2D eigenvalue weighted by Gasteiger charge is -2.00. The average molecular weight is 219 g/mol. The number of fused-ring (bicyclic) bond motifs is 2. The number of benzene rings is 1. The quantitative estimate of drug-likeness (QED) is 0.675. The van der Waals surface area contributed by atoms with E-state index in [1.807, 2.05) is 30.3 Å². The van der Waals surface area contributed by atoms with Gasteiger partial charge in [0.25, 0.3) is 0 Å². The van der Waals surface area contributed by atoms with Crippen molar-refractivity contribution in [2.45, 2.75) is 11.4 Å². The molecular weight excluding hydrogens is 210 g/mol. The maximum Gasteiger partial charge on any atom is 0.196 e. The van der Waals surface area contributed by atoms with Crippen molar-refractivity contribution in [3.63, 3.8) is 0 Å². The first-order valence-electron chi connectivity index (χ1n) is 4.78. The van der Waals surface area contributed by atoms with Gasteiger partial charge in [-0.25, -0.2) is 13.4 Å². The number of hydrogen-bond acceptors (Lipinski definition) is 3. The Morgan fingerprint density at radius 2 is 2.00 bits per heavy atom. The van der Waals surface area contributed by atoms with Crippen LogP contribution in [-0.2, 0) is 16.3 Å². The van der Waals surface area contributed by atoms with E-state index in [9.17, 15) is 8.42 Å². The number of para-hydroxylation sites is 1. The van der Waals surface area contributed by atoms with E-state index in [1.54, 1.807) is 0 Å². The van der Waals surface area contributed by atoms with Crippen LogP contribution in [0, 0.1) is 0 Å². The van der Waals surface area contributed by atoms with Gasteiger partial charge in [-0.3, -0.25) is 0 Å². The number of sulfone groups is 1. The highest BCUT2D eigenvalue weighted by atomic mass is 32.2. The highest BCUT2D eigenvalue weighted by Gasteiger charge is 2.27. The Kier molecular flexibility index (Phi) is 1.65. The van der Waals surface area contributed by atoms with E-state index in [0.29, 0.717) is 6.42 Å². The molecule has 1 aliphatic heterocycles. The number of aromatic nitrogens is 1. The minimum Gasteiger partial charge on any atom is -0.236 e. The minimum atomic E-state index is -3.11. The first kappa shape index (κ1) is 8.85. The van der Waals surface area contributed by atoms with E-state index < -0.39 is 9.84 Å². The molecule has 0 saturated heterocycles. The molecule has 0 N–H and O–H groups in total. The fraction of sp³-hybridized carbons (Fsp3) is 0.182. The Balaban J connectivity index is 2.43. The molecule has 2 aromatic rings. The van der Waals surface area contributed by atoms with Crippen molar-refractivity contribution in [2.75, 3.05) is 5.75 Å². The Hall–Kier alpha value is -1.42. The fourth-order valence-electron chi connectivity index (χ4n) is 1.93. The zero-order chi connectivity index (χ0) is 10.5. The highest BCUT2D eigenvalue weighted by Crippen LogP contribution is 2.27. The molecule has 1 aromatic carbocycles. The summed E-state index contributed by atoms with van der Waals surface area (Å²) >= 11 is 0. The van der Waals surface area contributed by atoms with Crippen LogP contribution in [0.4, 0.5) is 0 Å². The van der Waals surface area contributed by atoms with Crippen molar-refractivity contribution < 1.29 is 8.42 Å². The van der Waals surface area contributed by atoms with Crippen molar-refractivity contribution in [2.24, 2.45) is 0 Å². The van der Waals surface area contributed by atoms with Gasteiger partial charge in [-0.15, -0.1) is 0 Å². The Morgan fingerprint density at radius 3 is 2.87 bits per heavy atom. The molecule has 76 valence electrons. The van der Waals surface area contributed by atoms with Crippen LogP contribution in [0.1, 0.15) is 5.56 Å². The largest absolute Gasteiger partial charge is 0.236 e. The Labute approximate surface area is 87.7 Å². The molecule has 0 spiro atoms. The van der Waals surface area contributed by atoms with E-state index in [4.69, 9.17) is 0 Å².